The summed E-state index contributed by atoms with van der Waals surface area (Å²) < 4.78 is 6.80. The van der Waals surface area contributed by atoms with Gasteiger partial charge in [0.25, 0.3) is 0 Å². The van der Waals surface area contributed by atoms with E-state index in [0.29, 0.717) is 18.1 Å². The Labute approximate surface area is 237 Å². The number of piperazine rings is 1. The Bertz CT molecular complexity index is 1290. The molecule has 4 rings (SSSR count). The number of hydrogen-bond acceptors (Lipinski definition) is 5. The molecule has 0 saturated carbocycles. The van der Waals surface area contributed by atoms with Crippen molar-refractivity contribution in [3.05, 3.63) is 77.0 Å². The summed E-state index contributed by atoms with van der Waals surface area (Å²) in [7, 11) is 0. The summed E-state index contributed by atoms with van der Waals surface area (Å²) >= 11 is 8.71. The number of hydrogen-bond donors (Lipinski definition) is 2. The van der Waals surface area contributed by atoms with Crippen LogP contribution in [0.15, 0.2) is 75.6 Å². The number of halogens is 1. The van der Waals surface area contributed by atoms with Gasteiger partial charge in [-0.2, -0.15) is 0 Å². The zero-order chi connectivity index (χ0) is 27.1. The molecule has 0 atom stereocenters. The molecule has 3 aromatic rings. The lowest BCUT2D eigenvalue weighted by atomic mass is 10.1. The number of carbonyl (C=O) groups is 2. The molecule has 1 saturated heterocycles. The van der Waals surface area contributed by atoms with Crippen LogP contribution < -0.4 is 15.5 Å². The number of carbonyl (C=O) groups excluding carboxylic acids is 2. The summed E-state index contributed by atoms with van der Waals surface area (Å²) in [6.07, 6.45) is 3.58. The smallest absolute Gasteiger partial charge is 0.250 e. The van der Waals surface area contributed by atoms with Crippen LogP contribution in [0, 0.1) is 5.92 Å². The first kappa shape index (κ1) is 27.6. The molecule has 7 nitrogen and oxygen atoms in total. The van der Waals surface area contributed by atoms with E-state index >= 15 is 0 Å². The van der Waals surface area contributed by atoms with Crippen molar-refractivity contribution in [1.82, 2.24) is 10.2 Å². The molecule has 2 heterocycles. The summed E-state index contributed by atoms with van der Waals surface area (Å²) in [5.41, 5.74) is 2.82. The summed E-state index contributed by atoms with van der Waals surface area (Å²) in [5.74, 6) is 1.54. The van der Waals surface area contributed by atoms with E-state index in [-0.39, 0.29) is 16.9 Å². The Hall–Kier alpha value is -3.43. The molecule has 38 heavy (non-hydrogen) atoms. The highest BCUT2D eigenvalue weighted by atomic mass is 79.9. The number of amides is 2. The molecule has 2 aromatic carbocycles. The summed E-state index contributed by atoms with van der Waals surface area (Å²) in [4.78, 5) is 28.8. The summed E-state index contributed by atoms with van der Waals surface area (Å²) in [6, 6.07) is 19.3. The standard InChI is InChI=1S/C29H31BrN4O3S/c1-20(2)19-28(36)34-17-15-33(16-18-34)24-9-7-23(8-10-24)31-29(38)32-27(35)14-12-25-11-13-26(37-25)21-3-5-22(30)6-4-21/h3-14,20H,15-19H2,1-2H3,(H2,31,32,35,38)/b14-12+. The number of benzene rings is 2. The maximum atomic E-state index is 12.3. The van der Waals surface area contributed by atoms with Gasteiger partial charge in [0.15, 0.2) is 5.11 Å². The van der Waals surface area contributed by atoms with E-state index in [1.165, 1.54) is 6.08 Å². The molecule has 1 aliphatic rings. The molecule has 1 fully saturated rings. The van der Waals surface area contributed by atoms with E-state index in [1.807, 2.05) is 65.6 Å². The molecule has 0 spiro atoms. The van der Waals surface area contributed by atoms with Gasteiger partial charge in [0.1, 0.15) is 11.5 Å². The van der Waals surface area contributed by atoms with Crippen molar-refractivity contribution in [2.24, 2.45) is 5.92 Å². The predicted molar refractivity (Wildman–Crippen MR) is 160 cm³/mol. The Morgan fingerprint density at radius 2 is 1.68 bits per heavy atom. The number of nitrogens with zero attached hydrogens (tertiary/aromatic N) is 2. The van der Waals surface area contributed by atoms with Gasteiger partial charge in [0, 0.05) is 60.1 Å². The van der Waals surface area contributed by atoms with Crippen molar-refractivity contribution in [2.75, 3.05) is 36.4 Å². The van der Waals surface area contributed by atoms with E-state index in [9.17, 15) is 9.59 Å². The predicted octanol–water partition coefficient (Wildman–Crippen LogP) is 5.93. The van der Waals surface area contributed by atoms with Gasteiger partial charge in [0.05, 0.1) is 0 Å². The van der Waals surface area contributed by atoms with Crippen LogP contribution >= 0.6 is 28.1 Å². The van der Waals surface area contributed by atoms with Crippen molar-refractivity contribution >= 4 is 62.5 Å². The van der Waals surface area contributed by atoms with Gasteiger partial charge >= 0.3 is 0 Å². The molecule has 0 bridgehead atoms. The maximum Gasteiger partial charge on any atom is 0.250 e. The lowest BCUT2D eigenvalue weighted by Gasteiger charge is -2.36. The molecule has 198 valence electrons. The Balaban J connectivity index is 1.23. The minimum atomic E-state index is -0.356. The van der Waals surface area contributed by atoms with Gasteiger partial charge in [-0.1, -0.05) is 41.9 Å². The zero-order valence-electron chi connectivity index (χ0n) is 21.4. The first-order valence-electron chi connectivity index (χ1n) is 12.6. The Morgan fingerprint density at radius 1 is 1.00 bits per heavy atom. The number of rotatable bonds is 7. The van der Waals surface area contributed by atoms with E-state index in [4.69, 9.17) is 16.6 Å². The molecular weight excluding hydrogens is 564 g/mol. The fourth-order valence-electron chi connectivity index (χ4n) is 4.13. The van der Waals surface area contributed by atoms with Crippen molar-refractivity contribution in [3.8, 4) is 11.3 Å². The molecule has 9 heteroatoms. The van der Waals surface area contributed by atoms with Crippen LogP contribution in [0.3, 0.4) is 0 Å². The molecule has 0 radical (unpaired) electrons. The van der Waals surface area contributed by atoms with Crippen LogP contribution in [0.5, 0.6) is 0 Å². The number of anilines is 2. The van der Waals surface area contributed by atoms with Crippen LogP contribution in [-0.4, -0.2) is 48.0 Å². The van der Waals surface area contributed by atoms with Gasteiger partial charge in [-0.25, -0.2) is 0 Å². The van der Waals surface area contributed by atoms with Crippen LogP contribution in [0.25, 0.3) is 17.4 Å². The highest BCUT2D eigenvalue weighted by Crippen LogP contribution is 2.24. The maximum absolute atomic E-state index is 12.3. The minimum Gasteiger partial charge on any atom is -0.457 e. The highest BCUT2D eigenvalue weighted by molar-refractivity contribution is 9.10. The fourth-order valence-corrected chi connectivity index (χ4v) is 4.62. The minimum absolute atomic E-state index is 0.208. The van der Waals surface area contributed by atoms with E-state index in [2.05, 4.69) is 45.3 Å². The first-order valence-corrected chi connectivity index (χ1v) is 13.8. The SMILES string of the molecule is CC(C)CC(=O)N1CCN(c2ccc(NC(=S)NC(=O)/C=C/c3ccc(-c4ccc(Br)cc4)o3)cc2)CC1. The molecule has 1 aromatic heterocycles. The highest BCUT2D eigenvalue weighted by Gasteiger charge is 2.21. The lowest BCUT2D eigenvalue weighted by molar-refractivity contribution is -0.132. The van der Waals surface area contributed by atoms with Gasteiger partial charge in [0.2, 0.25) is 11.8 Å². The lowest BCUT2D eigenvalue weighted by Crippen LogP contribution is -2.49. The van der Waals surface area contributed by atoms with Crippen LogP contribution in [-0.2, 0) is 9.59 Å². The number of furan rings is 1. The average Bonchev–Trinajstić information content (AvgIpc) is 3.37. The Kier molecular flexibility index (Phi) is 9.36. The normalized spacial score (nSPS) is 13.7. The average molecular weight is 596 g/mol. The molecule has 1 aliphatic heterocycles. The second-order valence-electron chi connectivity index (χ2n) is 9.50. The third-order valence-electron chi connectivity index (χ3n) is 6.10. The van der Waals surface area contributed by atoms with E-state index in [1.54, 1.807) is 6.08 Å². The van der Waals surface area contributed by atoms with Crippen LogP contribution in [0.4, 0.5) is 11.4 Å². The molecule has 0 unspecified atom stereocenters. The largest absolute Gasteiger partial charge is 0.457 e. The second kappa shape index (κ2) is 12.9. The fraction of sp³-hybridized carbons (Fsp3) is 0.276. The van der Waals surface area contributed by atoms with E-state index in [0.717, 1.165) is 53.4 Å². The van der Waals surface area contributed by atoms with Gasteiger partial charge in [-0.3, -0.25) is 14.9 Å². The molecule has 2 N–H and O–H groups in total. The third-order valence-corrected chi connectivity index (χ3v) is 6.83. The van der Waals surface area contributed by atoms with Gasteiger partial charge in [-0.15, -0.1) is 0 Å². The second-order valence-corrected chi connectivity index (χ2v) is 10.8. The number of thiocarbonyl (C=S) groups is 1. The van der Waals surface area contributed by atoms with Crippen LogP contribution in [0.1, 0.15) is 26.0 Å². The van der Waals surface area contributed by atoms with Gasteiger partial charge < -0.3 is 19.5 Å². The first-order chi connectivity index (χ1) is 18.3. The summed E-state index contributed by atoms with van der Waals surface area (Å²) in [5, 5.41) is 5.90. The van der Waals surface area contributed by atoms with Crippen molar-refractivity contribution in [2.45, 2.75) is 20.3 Å². The van der Waals surface area contributed by atoms with Crippen molar-refractivity contribution < 1.29 is 14.0 Å². The third kappa shape index (κ3) is 7.79. The molecular formula is C29H31BrN4O3S. The topological polar surface area (TPSA) is 77.8 Å². The summed E-state index contributed by atoms with van der Waals surface area (Å²) in [6.45, 7) is 7.21. The van der Waals surface area contributed by atoms with Crippen molar-refractivity contribution in [1.29, 1.82) is 0 Å². The van der Waals surface area contributed by atoms with Gasteiger partial charge in [-0.05, 0) is 72.7 Å². The number of nitrogens with one attached hydrogen (secondary N) is 2. The molecule has 0 aliphatic carbocycles. The van der Waals surface area contributed by atoms with E-state index < -0.39 is 0 Å². The molecule has 2 amide bonds. The zero-order valence-corrected chi connectivity index (χ0v) is 23.8. The monoisotopic (exact) mass is 594 g/mol. The quantitative estimate of drug-likeness (QED) is 0.261. The van der Waals surface area contributed by atoms with Crippen LogP contribution in [0.2, 0.25) is 0 Å². The Morgan fingerprint density at radius 3 is 2.34 bits per heavy atom. The van der Waals surface area contributed by atoms with Crippen molar-refractivity contribution in [3.63, 3.8) is 0 Å².